The average molecular weight is 303 g/mol. The minimum Gasteiger partial charge on any atom is -0.398 e. The number of rotatable bonds is 1. The van der Waals surface area contributed by atoms with Crippen LogP contribution in [0.15, 0.2) is 18.2 Å². The first kappa shape index (κ1) is 14.2. The third kappa shape index (κ3) is 1.80. The minimum atomic E-state index is -1.85. The van der Waals surface area contributed by atoms with Gasteiger partial charge in [-0.1, -0.05) is 6.07 Å². The van der Waals surface area contributed by atoms with Gasteiger partial charge < -0.3 is 17.2 Å². The molecule has 2 heterocycles. The molecule has 9 heteroatoms. The summed E-state index contributed by atoms with van der Waals surface area (Å²) in [7, 11) is 0. The predicted octanol–water partition coefficient (Wildman–Crippen LogP) is -2.11. The molecule has 0 radical (unpaired) electrons. The van der Waals surface area contributed by atoms with Crippen molar-refractivity contribution in [3.05, 3.63) is 29.3 Å². The van der Waals surface area contributed by atoms with Gasteiger partial charge in [0.15, 0.2) is 6.04 Å². The van der Waals surface area contributed by atoms with Gasteiger partial charge in [-0.05, 0) is 12.1 Å². The number of fused-ring (bicyclic) bond motifs is 1. The van der Waals surface area contributed by atoms with Crippen LogP contribution in [0.4, 0.5) is 5.69 Å². The maximum atomic E-state index is 12.5. The van der Waals surface area contributed by atoms with Crippen molar-refractivity contribution < 1.29 is 19.2 Å². The number of nitrogens with one attached hydrogen (secondary N) is 1. The Morgan fingerprint density at radius 1 is 1.14 bits per heavy atom. The van der Waals surface area contributed by atoms with E-state index in [-0.39, 0.29) is 16.8 Å². The quantitative estimate of drug-likeness (QED) is 0.262. The molecule has 1 aromatic carbocycles. The second-order valence-electron chi connectivity index (χ2n) is 5.35. The molecule has 2 aliphatic rings. The molecular weight excluding hydrogens is 290 g/mol. The van der Waals surface area contributed by atoms with Crippen LogP contribution in [0.2, 0.25) is 0 Å². The normalized spacial score (nSPS) is 23.5. The van der Waals surface area contributed by atoms with E-state index >= 15 is 0 Å². The van der Waals surface area contributed by atoms with E-state index in [9.17, 15) is 19.2 Å². The fourth-order valence-corrected chi connectivity index (χ4v) is 2.79. The molecule has 1 saturated heterocycles. The van der Waals surface area contributed by atoms with E-state index in [0.29, 0.717) is 4.90 Å². The number of piperidine rings is 1. The zero-order chi connectivity index (χ0) is 16.2. The number of benzene rings is 1. The molecule has 3 rings (SSSR count). The Balaban J connectivity index is 2.09. The van der Waals surface area contributed by atoms with Gasteiger partial charge in [-0.15, -0.1) is 0 Å². The monoisotopic (exact) mass is 303 g/mol. The van der Waals surface area contributed by atoms with E-state index in [1.165, 1.54) is 18.2 Å². The molecule has 1 unspecified atom stereocenters. The molecule has 7 N–H and O–H groups in total. The van der Waals surface area contributed by atoms with Gasteiger partial charge in [0, 0.05) is 5.69 Å². The molecule has 0 spiro atoms. The molecule has 0 aliphatic carbocycles. The number of hydrogen-bond acceptors (Lipinski definition) is 7. The average Bonchev–Trinajstić information content (AvgIpc) is 2.63. The third-order valence-electron chi connectivity index (χ3n) is 3.72. The van der Waals surface area contributed by atoms with Crippen LogP contribution in [0.3, 0.4) is 0 Å². The smallest absolute Gasteiger partial charge is 0.264 e. The zero-order valence-corrected chi connectivity index (χ0v) is 11.3. The van der Waals surface area contributed by atoms with Crippen molar-refractivity contribution in [3.8, 4) is 0 Å². The lowest BCUT2D eigenvalue weighted by Crippen LogP contribution is -2.74. The number of nitrogens with two attached hydrogens (primary N) is 3. The maximum absolute atomic E-state index is 12.5. The van der Waals surface area contributed by atoms with Crippen molar-refractivity contribution in [2.24, 2.45) is 11.5 Å². The van der Waals surface area contributed by atoms with Gasteiger partial charge in [0.05, 0.1) is 17.5 Å². The van der Waals surface area contributed by atoms with Gasteiger partial charge in [-0.25, -0.2) is 0 Å². The van der Waals surface area contributed by atoms with Crippen molar-refractivity contribution in [3.63, 3.8) is 0 Å². The van der Waals surface area contributed by atoms with Gasteiger partial charge in [0.2, 0.25) is 5.91 Å². The van der Waals surface area contributed by atoms with E-state index in [1.807, 2.05) is 5.32 Å². The molecule has 1 aromatic rings. The van der Waals surface area contributed by atoms with Crippen LogP contribution in [-0.2, 0) is 9.59 Å². The number of nitrogens with zero attached hydrogens (tertiary/aromatic N) is 1. The largest absolute Gasteiger partial charge is 0.398 e. The van der Waals surface area contributed by atoms with Crippen LogP contribution in [0.25, 0.3) is 0 Å². The number of carbonyl (C=O) groups is 4. The summed E-state index contributed by atoms with van der Waals surface area (Å²) in [4.78, 5) is 49.1. The molecule has 4 amide bonds. The second kappa shape index (κ2) is 4.36. The first-order valence-electron chi connectivity index (χ1n) is 6.42. The van der Waals surface area contributed by atoms with Crippen molar-refractivity contribution in [2.75, 3.05) is 5.73 Å². The fraction of sp³-hybridized carbons (Fsp3) is 0.231. The molecule has 0 saturated carbocycles. The summed E-state index contributed by atoms with van der Waals surface area (Å²) in [6.07, 6.45) is -0.397. The van der Waals surface area contributed by atoms with E-state index in [0.717, 1.165) is 0 Å². The lowest BCUT2D eigenvalue weighted by Gasteiger charge is -2.39. The molecular formula is C13H13N5O4. The molecule has 114 valence electrons. The van der Waals surface area contributed by atoms with Gasteiger partial charge in [-0.2, -0.15) is 0 Å². The first-order valence-corrected chi connectivity index (χ1v) is 6.42. The van der Waals surface area contributed by atoms with Gasteiger partial charge in [0.25, 0.3) is 17.7 Å². The highest BCUT2D eigenvalue weighted by Gasteiger charge is 2.53. The standard InChI is InChI=1S/C13H13N5O4/c14-6-3-1-2-5-8(6)12(22)18(11(5)21)9-10(20)17-7(19)4-13(9,15)16/h1-3,9H,4,14-16H2,(H,17,19,20). The van der Waals surface area contributed by atoms with Crippen LogP contribution in [0.1, 0.15) is 27.1 Å². The van der Waals surface area contributed by atoms with Crippen LogP contribution in [0.5, 0.6) is 0 Å². The number of carbonyl (C=O) groups excluding carboxylic acids is 4. The Bertz CT molecular complexity index is 742. The number of amides is 4. The summed E-state index contributed by atoms with van der Waals surface area (Å²) < 4.78 is 0. The Kier molecular flexibility index (Phi) is 2.81. The molecule has 1 fully saturated rings. The number of nitrogen functional groups attached to an aromatic ring is 1. The van der Waals surface area contributed by atoms with E-state index in [4.69, 9.17) is 17.2 Å². The summed E-state index contributed by atoms with van der Waals surface area (Å²) in [5, 5.41) is 2.03. The Labute approximate surface area is 124 Å². The van der Waals surface area contributed by atoms with Gasteiger partial charge in [0.1, 0.15) is 5.66 Å². The highest BCUT2D eigenvalue weighted by atomic mass is 16.2. The van der Waals surface area contributed by atoms with Crippen molar-refractivity contribution >= 4 is 29.3 Å². The lowest BCUT2D eigenvalue weighted by atomic mass is 9.92. The summed E-state index contributed by atoms with van der Waals surface area (Å²) in [6.45, 7) is 0. The summed E-state index contributed by atoms with van der Waals surface area (Å²) >= 11 is 0. The highest BCUT2D eigenvalue weighted by Crippen LogP contribution is 2.31. The third-order valence-corrected chi connectivity index (χ3v) is 3.72. The van der Waals surface area contributed by atoms with Crippen molar-refractivity contribution in [1.82, 2.24) is 10.2 Å². The van der Waals surface area contributed by atoms with Crippen molar-refractivity contribution in [1.29, 1.82) is 0 Å². The zero-order valence-electron chi connectivity index (χ0n) is 11.3. The van der Waals surface area contributed by atoms with Crippen LogP contribution >= 0.6 is 0 Å². The molecule has 0 bridgehead atoms. The Morgan fingerprint density at radius 3 is 2.41 bits per heavy atom. The van der Waals surface area contributed by atoms with Crippen LogP contribution in [0, 0.1) is 0 Å². The Hall–Kier alpha value is -2.78. The van der Waals surface area contributed by atoms with Crippen LogP contribution < -0.4 is 22.5 Å². The molecule has 0 aromatic heterocycles. The number of imide groups is 2. The second-order valence-corrected chi connectivity index (χ2v) is 5.35. The molecule has 9 nitrogen and oxygen atoms in total. The number of hydrogen-bond donors (Lipinski definition) is 4. The molecule has 22 heavy (non-hydrogen) atoms. The lowest BCUT2D eigenvalue weighted by molar-refractivity contribution is -0.139. The minimum absolute atomic E-state index is 0.00741. The SMILES string of the molecule is Nc1cccc2c1C(=O)N(C1C(=O)NC(=O)CC1(N)N)C2=O. The summed E-state index contributed by atoms with van der Waals surface area (Å²) in [5.41, 5.74) is 15.7. The number of anilines is 1. The molecule has 2 aliphatic heterocycles. The Morgan fingerprint density at radius 2 is 1.82 bits per heavy atom. The first-order chi connectivity index (χ1) is 10.2. The van der Waals surface area contributed by atoms with Crippen LogP contribution in [-0.4, -0.2) is 40.2 Å². The van der Waals surface area contributed by atoms with E-state index < -0.39 is 41.8 Å². The summed E-state index contributed by atoms with van der Waals surface area (Å²) in [5.74, 6) is -3.04. The fourth-order valence-electron chi connectivity index (χ4n) is 2.79. The highest BCUT2D eigenvalue weighted by molar-refractivity contribution is 6.25. The predicted molar refractivity (Wildman–Crippen MR) is 74.0 cm³/mol. The topological polar surface area (TPSA) is 162 Å². The van der Waals surface area contributed by atoms with E-state index in [1.54, 1.807) is 0 Å². The van der Waals surface area contributed by atoms with Gasteiger partial charge >= 0.3 is 0 Å². The van der Waals surface area contributed by atoms with Gasteiger partial charge in [-0.3, -0.25) is 29.4 Å². The van der Waals surface area contributed by atoms with E-state index in [2.05, 4.69) is 0 Å². The van der Waals surface area contributed by atoms with Crippen molar-refractivity contribution in [2.45, 2.75) is 18.1 Å². The maximum Gasteiger partial charge on any atom is 0.264 e. The summed E-state index contributed by atoms with van der Waals surface area (Å²) in [6, 6.07) is 2.92. The molecule has 1 atom stereocenters.